The smallest absolute Gasteiger partial charge is 0.212 e. The van der Waals surface area contributed by atoms with Crippen LogP contribution in [0.15, 0.2) is 60.7 Å². The minimum atomic E-state index is 0.498. The molecule has 3 heteroatoms. The predicted octanol–water partition coefficient (Wildman–Crippen LogP) is 5.51. The molecule has 4 aromatic rings. The Labute approximate surface area is 139 Å². The van der Waals surface area contributed by atoms with Crippen molar-refractivity contribution >= 4 is 27.5 Å². The largest absolute Gasteiger partial charge is 0.319 e. The van der Waals surface area contributed by atoms with E-state index < -0.39 is 0 Å². The monoisotopic (exact) mass is 307 g/mol. The van der Waals surface area contributed by atoms with E-state index in [1.807, 2.05) is 37.3 Å². The lowest BCUT2D eigenvalue weighted by molar-refractivity contribution is 1.15. The summed E-state index contributed by atoms with van der Waals surface area (Å²) in [4.78, 5) is 3.69. The van der Waals surface area contributed by atoms with Gasteiger partial charge < -0.3 is 4.57 Å². The van der Waals surface area contributed by atoms with Crippen LogP contribution in [-0.4, -0.2) is 4.57 Å². The zero-order valence-electron chi connectivity index (χ0n) is 13.1. The van der Waals surface area contributed by atoms with Crippen LogP contribution in [0.25, 0.3) is 32.3 Å². The molecule has 0 unspecified atom stereocenters. The molecule has 3 nitrogen and oxygen atoms in total. The van der Waals surface area contributed by atoms with E-state index in [1.165, 1.54) is 0 Å². The molecule has 0 N–H and O–H groups in total. The standard InChI is InChI=1S/C21H13N3/c1-14-11-15(13-22)12-18(23-2)21(14)24-19-9-5-3-7-16(19)17-8-4-6-10-20(17)24/h3-12H,1H3. The van der Waals surface area contributed by atoms with Crippen molar-refractivity contribution in [1.82, 2.24) is 4.57 Å². The summed E-state index contributed by atoms with van der Waals surface area (Å²) in [5.41, 5.74) is 4.92. The van der Waals surface area contributed by atoms with Gasteiger partial charge in [0, 0.05) is 16.3 Å². The number of para-hydroxylation sites is 2. The third kappa shape index (κ3) is 1.89. The molecule has 112 valence electrons. The highest BCUT2D eigenvalue weighted by Gasteiger charge is 2.16. The fourth-order valence-electron chi connectivity index (χ4n) is 3.37. The first kappa shape index (κ1) is 14.1. The lowest BCUT2D eigenvalue weighted by atomic mass is 10.1. The number of aryl methyl sites for hydroxylation is 1. The minimum absolute atomic E-state index is 0.498. The highest BCUT2D eigenvalue weighted by Crippen LogP contribution is 2.37. The molecule has 3 aromatic carbocycles. The van der Waals surface area contributed by atoms with Crippen LogP contribution in [0.2, 0.25) is 0 Å². The van der Waals surface area contributed by atoms with Gasteiger partial charge in [0.1, 0.15) is 0 Å². The van der Waals surface area contributed by atoms with Crippen molar-refractivity contribution in [2.75, 3.05) is 0 Å². The maximum atomic E-state index is 9.19. The first-order valence-electron chi connectivity index (χ1n) is 7.65. The Morgan fingerprint density at radius 2 is 1.54 bits per heavy atom. The predicted molar refractivity (Wildman–Crippen MR) is 96.5 cm³/mol. The Kier molecular flexibility index (Phi) is 3.08. The third-order valence-electron chi connectivity index (χ3n) is 4.33. The van der Waals surface area contributed by atoms with Gasteiger partial charge in [-0.15, -0.1) is 0 Å². The summed E-state index contributed by atoms with van der Waals surface area (Å²) in [7, 11) is 0. The molecule has 24 heavy (non-hydrogen) atoms. The molecule has 0 saturated carbocycles. The fraction of sp³-hybridized carbons (Fsp3) is 0.0476. The summed E-state index contributed by atoms with van der Waals surface area (Å²) in [6.07, 6.45) is 0. The Balaban J connectivity index is 2.23. The van der Waals surface area contributed by atoms with Gasteiger partial charge in [0.25, 0.3) is 0 Å². The highest BCUT2D eigenvalue weighted by molar-refractivity contribution is 6.09. The van der Waals surface area contributed by atoms with Crippen LogP contribution in [-0.2, 0) is 0 Å². The summed E-state index contributed by atoms with van der Waals surface area (Å²) in [5, 5.41) is 11.5. The molecule has 0 aliphatic carbocycles. The van der Waals surface area contributed by atoms with Gasteiger partial charge in [0.2, 0.25) is 5.69 Å². The summed E-state index contributed by atoms with van der Waals surface area (Å²) in [6, 6.07) is 22.1. The molecule has 0 bridgehead atoms. The van der Waals surface area contributed by atoms with Gasteiger partial charge in [0.15, 0.2) is 0 Å². The molecule has 1 aromatic heterocycles. The zero-order valence-corrected chi connectivity index (χ0v) is 13.1. The van der Waals surface area contributed by atoms with E-state index in [4.69, 9.17) is 6.57 Å². The van der Waals surface area contributed by atoms with Gasteiger partial charge in [-0.25, -0.2) is 4.85 Å². The van der Waals surface area contributed by atoms with Gasteiger partial charge in [-0.1, -0.05) is 36.4 Å². The van der Waals surface area contributed by atoms with Crippen LogP contribution in [0, 0.1) is 24.8 Å². The molecule has 0 aliphatic rings. The van der Waals surface area contributed by atoms with E-state index in [0.29, 0.717) is 11.3 Å². The quantitative estimate of drug-likeness (QED) is 0.426. The number of aromatic nitrogens is 1. The molecule has 1 heterocycles. The molecule has 0 spiro atoms. The normalized spacial score (nSPS) is 10.6. The SMILES string of the molecule is [C-]#[N+]c1cc(C#N)cc(C)c1-n1c2ccccc2c2ccccc21. The lowest BCUT2D eigenvalue weighted by Gasteiger charge is -2.13. The molecular formula is C21H13N3. The summed E-state index contributed by atoms with van der Waals surface area (Å²) >= 11 is 0. The summed E-state index contributed by atoms with van der Waals surface area (Å²) in [5.74, 6) is 0. The van der Waals surface area contributed by atoms with Gasteiger partial charge in [-0.3, -0.25) is 0 Å². The van der Waals surface area contributed by atoms with Crippen molar-refractivity contribution in [1.29, 1.82) is 5.26 Å². The number of nitriles is 1. The van der Waals surface area contributed by atoms with Crippen LogP contribution in [0.1, 0.15) is 11.1 Å². The number of hydrogen-bond acceptors (Lipinski definition) is 1. The molecule has 4 rings (SSSR count). The van der Waals surface area contributed by atoms with E-state index in [2.05, 4.69) is 39.7 Å². The fourth-order valence-corrected chi connectivity index (χ4v) is 3.37. The molecule has 0 fully saturated rings. The molecule has 0 saturated heterocycles. The second-order valence-electron chi connectivity index (χ2n) is 5.75. The summed E-state index contributed by atoms with van der Waals surface area (Å²) in [6.45, 7) is 9.53. The zero-order chi connectivity index (χ0) is 16.7. The van der Waals surface area contributed by atoms with Crippen LogP contribution < -0.4 is 0 Å². The molecule has 0 atom stereocenters. The van der Waals surface area contributed by atoms with Crippen LogP contribution >= 0.6 is 0 Å². The van der Waals surface area contributed by atoms with E-state index in [-0.39, 0.29) is 0 Å². The van der Waals surface area contributed by atoms with Crippen LogP contribution in [0.4, 0.5) is 5.69 Å². The minimum Gasteiger partial charge on any atom is -0.319 e. The number of hydrogen-bond donors (Lipinski definition) is 0. The Morgan fingerprint density at radius 1 is 0.958 bits per heavy atom. The topological polar surface area (TPSA) is 33.1 Å². The Morgan fingerprint density at radius 3 is 2.08 bits per heavy atom. The second kappa shape index (κ2) is 5.26. The van der Waals surface area contributed by atoms with E-state index in [1.54, 1.807) is 6.07 Å². The maximum Gasteiger partial charge on any atom is 0.212 e. The van der Waals surface area contributed by atoms with Crippen molar-refractivity contribution < 1.29 is 0 Å². The van der Waals surface area contributed by atoms with Gasteiger partial charge in [-0.05, 0) is 36.8 Å². The van der Waals surface area contributed by atoms with Crippen molar-refractivity contribution in [3.05, 3.63) is 83.2 Å². The number of benzene rings is 3. The van der Waals surface area contributed by atoms with Crippen molar-refractivity contribution in [2.45, 2.75) is 6.92 Å². The third-order valence-corrected chi connectivity index (χ3v) is 4.33. The Hall–Kier alpha value is -3.56. The maximum absolute atomic E-state index is 9.19. The first-order chi connectivity index (χ1) is 11.7. The van der Waals surface area contributed by atoms with Gasteiger partial charge in [-0.2, -0.15) is 5.26 Å². The van der Waals surface area contributed by atoms with Gasteiger partial charge in [0.05, 0.1) is 29.4 Å². The van der Waals surface area contributed by atoms with Crippen molar-refractivity contribution in [2.24, 2.45) is 0 Å². The molecule has 0 aliphatic heterocycles. The number of fused-ring (bicyclic) bond motifs is 3. The lowest BCUT2D eigenvalue weighted by Crippen LogP contribution is -1.98. The first-order valence-corrected chi connectivity index (χ1v) is 7.65. The summed E-state index contributed by atoms with van der Waals surface area (Å²) < 4.78 is 2.13. The van der Waals surface area contributed by atoms with Crippen molar-refractivity contribution in [3.8, 4) is 11.8 Å². The number of nitrogens with zero attached hydrogens (tertiary/aromatic N) is 3. The second-order valence-corrected chi connectivity index (χ2v) is 5.75. The van der Waals surface area contributed by atoms with E-state index in [0.717, 1.165) is 33.1 Å². The molecular weight excluding hydrogens is 294 g/mol. The van der Waals surface area contributed by atoms with E-state index in [9.17, 15) is 5.26 Å². The van der Waals surface area contributed by atoms with Gasteiger partial charge >= 0.3 is 0 Å². The van der Waals surface area contributed by atoms with E-state index >= 15 is 0 Å². The van der Waals surface area contributed by atoms with Crippen molar-refractivity contribution in [3.63, 3.8) is 0 Å². The average molecular weight is 307 g/mol. The number of rotatable bonds is 1. The molecule has 0 radical (unpaired) electrons. The van der Waals surface area contributed by atoms with Crippen LogP contribution in [0.3, 0.4) is 0 Å². The van der Waals surface area contributed by atoms with Crippen LogP contribution in [0.5, 0.6) is 0 Å². The molecule has 0 amide bonds. The average Bonchev–Trinajstić information content (AvgIpc) is 2.95. The Bertz CT molecular complexity index is 1130. The highest BCUT2D eigenvalue weighted by atomic mass is 15.0.